The molecule has 3 rings (SSSR count). The summed E-state index contributed by atoms with van der Waals surface area (Å²) in [6.07, 6.45) is 2.05. The van der Waals surface area contributed by atoms with Crippen molar-refractivity contribution in [2.75, 3.05) is 13.1 Å². The molecule has 1 fully saturated rings. The smallest absolute Gasteiger partial charge is 0.129 e. The first-order valence-corrected chi connectivity index (χ1v) is 8.50. The molecule has 0 aliphatic carbocycles. The summed E-state index contributed by atoms with van der Waals surface area (Å²) in [7, 11) is 0. The van der Waals surface area contributed by atoms with Crippen LogP contribution in [-0.4, -0.2) is 24.1 Å². The lowest BCUT2D eigenvalue weighted by Crippen LogP contribution is -2.39. The fraction of sp³-hybridized carbons (Fsp3) is 0.368. The van der Waals surface area contributed by atoms with E-state index < -0.39 is 0 Å². The van der Waals surface area contributed by atoms with Crippen molar-refractivity contribution in [2.45, 2.75) is 32.1 Å². The molecule has 5 heteroatoms. The minimum Gasteiger partial charge on any atom is -0.372 e. The third-order valence-electron chi connectivity index (χ3n) is 4.25. The zero-order chi connectivity index (χ0) is 16.9. The Kier molecular flexibility index (Phi) is 5.82. The lowest BCUT2D eigenvalue weighted by molar-refractivity contribution is -0.0123. The summed E-state index contributed by atoms with van der Waals surface area (Å²) in [6.45, 7) is 2.60. The molecule has 0 bridgehead atoms. The van der Waals surface area contributed by atoms with E-state index in [4.69, 9.17) is 16.3 Å². The molecule has 128 valence electrons. The van der Waals surface area contributed by atoms with Crippen molar-refractivity contribution in [3.8, 4) is 0 Å². The number of piperidine rings is 1. The van der Waals surface area contributed by atoms with Crippen molar-refractivity contribution in [3.63, 3.8) is 0 Å². The van der Waals surface area contributed by atoms with E-state index in [9.17, 15) is 8.78 Å². The number of halogens is 3. The Morgan fingerprint density at radius 1 is 1.17 bits per heavy atom. The Bertz CT molecular complexity index is 695. The van der Waals surface area contributed by atoms with Crippen molar-refractivity contribution >= 4 is 11.6 Å². The van der Waals surface area contributed by atoms with Crippen LogP contribution in [0.15, 0.2) is 42.5 Å². The van der Waals surface area contributed by atoms with E-state index in [1.807, 2.05) is 6.07 Å². The van der Waals surface area contributed by atoms with Gasteiger partial charge in [-0.1, -0.05) is 29.8 Å². The topological polar surface area (TPSA) is 12.5 Å². The summed E-state index contributed by atoms with van der Waals surface area (Å²) in [5.41, 5.74) is 1.47. The molecule has 0 radical (unpaired) electrons. The summed E-state index contributed by atoms with van der Waals surface area (Å²) in [4.78, 5) is 2.19. The average molecular weight is 352 g/mol. The highest BCUT2D eigenvalue weighted by Crippen LogP contribution is 2.20. The molecule has 1 aliphatic heterocycles. The van der Waals surface area contributed by atoms with Crippen LogP contribution in [0.2, 0.25) is 5.02 Å². The van der Waals surface area contributed by atoms with E-state index in [0.29, 0.717) is 23.7 Å². The van der Waals surface area contributed by atoms with Gasteiger partial charge in [0.15, 0.2) is 0 Å². The van der Waals surface area contributed by atoms with Gasteiger partial charge in [-0.15, -0.1) is 0 Å². The second-order valence-corrected chi connectivity index (χ2v) is 6.61. The highest BCUT2D eigenvalue weighted by atomic mass is 35.5. The van der Waals surface area contributed by atoms with E-state index in [0.717, 1.165) is 31.5 Å². The van der Waals surface area contributed by atoms with Gasteiger partial charge in [-0.05, 0) is 49.2 Å². The Morgan fingerprint density at radius 3 is 2.83 bits per heavy atom. The zero-order valence-electron chi connectivity index (χ0n) is 13.4. The molecule has 0 saturated carbocycles. The van der Waals surface area contributed by atoms with Gasteiger partial charge in [-0.25, -0.2) is 8.78 Å². The van der Waals surface area contributed by atoms with Gasteiger partial charge in [0.1, 0.15) is 11.6 Å². The van der Waals surface area contributed by atoms with Crippen LogP contribution < -0.4 is 0 Å². The average Bonchev–Trinajstić information content (AvgIpc) is 2.56. The Hall–Kier alpha value is -1.49. The molecule has 24 heavy (non-hydrogen) atoms. The second kappa shape index (κ2) is 8.06. The quantitative estimate of drug-likeness (QED) is 0.767. The van der Waals surface area contributed by atoms with Gasteiger partial charge in [0.25, 0.3) is 0 Å². The number of likely N-dealkylation sites (tertiary alicyclic amines) is 1. The van der Waals surface area contributed by atoms with Gasteiger partial charge in [0, 0.05) is 23.7 Å². The first-order valence-electron chi connectivity index (χ1n) is 8.12. The first-order chi connectivity index (χ1) is 11.6. The molecule has 0 amide bonds. The lowest BCUT2D eigenvalue weighted by Gasteiger charge is -2.32. The molecule has 1 atom stereocenters. The van der Waals surface area contributed by atoms with Crippen molar-refractivity contribution in [1.29, 1.82) is 0 Å². The van der Waals surface area contributed by atoms with E-state index >= 15 is 0 Å². The fourth-order valence-electron chi connectivity index (χ4n) is 3.02. The molecule has 0 spiro atoms. The summed E-state index contributed by atoms with van der Waals surface area (Å²) in [5, 5.41) is 0.409. The van der Waals surface area contributed by atoms with Crippen molar-refractivity contribution in [3.05, 3.63) is 70.2 Å². The number of rotatable bonds is 5. The number of hydrogen-bond acceptors (Lipinski definition) is 2. The maximum absolute atomic E-state index is 13.9. The van der Waals surface area contributed by atoms with Crippen LogP contribution in [0, 0.1) is 11.6 Å². The summed E-state index contributed by atoms with van der Waals surface area (Å²) < 4.78 is 33.0. The predicted octanol–water partition coefficient (Wildman–Crippen LogP) is 4.80. The van der Waals surface area contributed by atoms with E-state index in [1.54, 1.807) is 18.2 Å². The predicted molar refractivity (Wildman–Crippen MR) is 90.9 cm³/mol. The van der Waals surface area contributed by atoms with Gasteiger partial charge in [-0.2, -0.15) is 0 Å². The van der Waals surface area contributed by atoms with Crippen LogP contribution in [0.3, 0.4) is 0 Å². The van der Waals surface area contributed by atoms with Crippen molar-refractivity contribution in [2.24, 2.45) is 0 Å². The standard InChI is InChI=1S/C19H20ClF2NO/c20-16-7-6-15(19(22)10-16)11-23-8-2-5-18(12-23)24-13-14-3-1-4-17(21)9-14/h1,3-4,6-7,9-10,18H,2,5,8,11-13H2/t18-/m0/s1. The minimum absolute atomic E-state index is 0.0809. The SMILES string of the molecule is Fc1cccc(CO[C@H]2CCCN(Cc3ccc(Cl)cc3F)C2)c1. The first kappa shape index (κ1) is 17.3. The number of nitrogens with zero attached hydrogens (tertiary/aromatic N) is 1. The van der Waals surface area contributed by atoms with Crippen LogP contribution in [0.25, 0.3) is 0 Å². The summed E-state index contributed by atoms with van der Waals surface area (Å²) in [6, 6.07) is 11.2. The molecule has 1 heterocycles. The molecular weight excluding hydrogens is 332 g/mol. The molecule has 2 aromatic carbocycles. The molecule has 1 saturated heterocycles. The van der Waals surface area contributed by atoms with Crippen LogP contribution >= 0.6 is 11.6 Å². The Morgan fingerprint density at radius 2 is 2.04 bits per heavy atom. The Balaban J connectivity index is 1.54. The van der Waals surface area contributed by atoms with Gasteiger partial charge < -0.3 is 4.74 Å². The van der Waals surface area contributed by atoms with Crippen LogP contribution in [0.4, 0.5) is 8.78 Å². The van der Waals surface area contributed by atoms with Gasteiger partial charge in [0.2, 0.25) is 0 Å². The van der Waals surface area contributed by atoms with E-state index in [1.165, 1.54) is 18.2 Å². The normalized spacial score (nSPS) is 18.7. The highest BCUT2D eigenvalue weighted by Gasteiger charge is 2.21. The molecule has 0 unspecified atom stereocenters. The molecule has 2 aromatic rings. The Labute approximate surface area is 146 Å². The monoisotopic (exact) mass is 351 g/mol. The van der Waals surface area contributed by atoms with Crippen LogP contribution in [0.1, 0.15) is 24.0 Å². The fourth-order valence-corrected chi connectivity index (χ4v) is 3.18. The second-order valence-electron chi connectivity index (χ2n) is 6.18. The third kappa shape index (κ3) is 4.76. The highest BCUT2D eigenvalue weighted by molar-refractivity contribution is 6.30. The molecule has 2 nitrogen and oxygen atoms in total. The van der Waals surface area contributed by atoms with Gasteiger partial charge in [0.05, 0.1) is 12.7 Å². The van der Waals surface area contributed by atoms with Gasteiger partial charge in [-0.3, -0.25) is 4.90 Å². The zero-order valence-corrected chi connectivity index (χ0v) is 14.1. The number of hydrogen-bond donors (Lipinski definition) is 0. The molecule has 0 aromatic heterocycles. The van der Waals surface area contributed by atoms with Crippen molar-refractivity contribution < 1.29 is 13.5 Å². The maximum atomic E-state index is 13.9. The summed E-state index contributed by atoms with van der Waals surface area (Å²) in [5.74, 6) is -0.523. The van der Waals surface area contributed by atoms with Crippen LogP contribution in [-0.2, 0) is 17.9 Å². The van der Waals surface area contributed by atoms with E-state index in [2.05, 4.69) is 4.90 Å². The number of ether oxygens (including phenoxy) is 1. The summed E-state index contributed by atoms with van der Waals surface area (Å²) >= 11 is 5.79. The number of benzene rings is 2. The minimum atomic E-state index is -0.273. The third-order valence-corrected chi connectivity index (χ3v) is 4.48. The largest absolute Gasteiger partial charge is 0.372 e. The van der Waals surface area contributed by atoms with Gasteiger partial charge >= 0.3 is 0 Å². The molecular formula is C19H20ClF2NO. The van der Waals surface area contributed by atoms with E-state index in [-0.39, 0.29) is 17.7 Å². The lowest BCUT2D eigenvalue weighted by atomic mass is 10.1. The molecule has 1 aliphatic rings. The molecule has 0 N–H and O–H groups in total. The van der Waals surface area contributed by atoms with Crippen molar-refractivity contribution in [1.82, 2.24) is 4.90 Å². The van der Waals surface area contributed by atoms with Crippen LogP contribution in [0.5, 0.6) is 0 Å². The maximum Gasteiger partial charge on any atom is 0.129 e.